The zero-order chi connectivity index (χ0) is 12.4. The van der Waals surface area contributed by atoms with Crippen LogP contribution in [0.3, 0.4) is 0 Å². The van der Waals surface area contributed by atoms with Crippen LogP contribution in [0.4, 0.5) is 5.69 Å². The van der Waals surface area contributed by atoms with E-state index in [1.54, 1.807) is 0 Å². The molecule has 2 rings (SSSR count). The van der Waals surface area contributed by atoms with Crippen LogP contribution in [0, 0.1) is 0 Å². The van der Waals surface area contributed by atoms with E-state index in [0.717, 1.165) is 15.7 Å². The minimum atomic E-state index is 0.470. The molecule has 1 aromatic carbocycles. The Kier molecular flexibility index (Phi) is 4.05. The zero-order valence-electron chi connectivity index (χ0n) is 9.95. The van der Waals surface area contributed by atoms with Crippen LogP contribution < -0.4 is 10.6 Å². The second kappa shape index (κ2) is 5.36. The van der Waals surface area contributed by atoms with Gasteiger partial charge in [-0.15, -0.1) is 0 Å². The van der Waals surface area contributed by atoms with Crippen LogP contribution in [0.15, 0.2) is 22.7 Å². The van der Waals surface area contributed by atoms with Gasteiger partial charge >= 0.3 is 0 Å². The summed E-state index contributed by atoms with van der Waals surface area (Å²) in [5.41, 5.74) is 7.90. The van der Waals surface area contributed by atoms with Gasteiger partial charge in [0.15, 0.2) is 0 Å². The predicted octanol–water partition coefficient (Wildman–Crippen LogP) is 3.46. The second-order valence-electron chi connectivity index (χ2n) is 4.57. The number of thiocarbonyl (C=S) groups is 1. The number of anilines is 1. The molecule has 4 heteroatoms. The first-order valence-corrected chi connectivity index (χ1v) is 7.12. The summed E-state index contributed by atoms with van der Waals surface area (Å²) in [7, 11) is 2.14. The van der Waals surface area contributed by atoms with E-state index >= 15 is 0 Å². The van der Waals surface area contributed by atoms with Gasteiger partial charge in [-0.05, 0) is 31.0 Å². The molecule has 1 fully saturated rings. The third-order valence-electron chi connectivity index (χ3n) is 3.48. The van der Waals surface area contributed by atoms with Crippen molar-refractivity contribution >= 4 is 38.8 Å². The molecule has 0 unspecified atom stereocenters. The van der Waals surface area contributed by atoms with Crippen LogP contribution in [0.2, 0.25) is 0 Å². The molecular formula is C13H17BrN2S. The van der Waals surface area contributed by atoms with Gasteiger partial charge in [-0.2, -0.15) is 0 Å². The monoisotopic (exact) mass is 312 g/mol. The fourth-order valence-corrected chi connectivity index (χ4v) is 3.01. The maximum Gasteiger partial charge on any atom is 0.106 e. The van der Waals surface area contributed by atoms with Crippen LogP contribution >= 0.6 is 28.1 Å². The quantitative estimate of drug-likeness (QED) is 0.867. The fourth-order valence-electron chi connectivity index (χ4n) is 2.49. The summed E-state index contributed by atoms with van der Waals surface area (Å²) in [6.45, 7) is 0. The number of halogens is 1. The van der Waals surface area contributed by atoms with Gasteiger partial charge in [0.1, 0.15) is 4.99 Å². The van der Waals surface area contributed by atoms with Crippen molar-refractivity contribution in [3.63, 3.8) is 0 Å². The van der Waals surface area contributed by atoms with Crippen molar-refractivity contribution < 1.29 is 0 Å². The molecule has 0 saturated heterocycles. The molecule has 1 saturated carbocycles. The van der Waals surface area contributed by atoms with Gasteiger partial charge in [-0.25, -0.2) is 0 Å². The third-order valence-corrected chi connectivity index (χ3v) is 4.19. The molecule has 0 bridgehead atoms. The highest BCUT2D eigenvalue weighted by atomic mass is 79.9. The van der Waals surface area contributed by atoms with Crippen LogP contribution in [0.5, 0.6) is 0 Å². The van der Waals surface area contributed by atoms with E-state index in [1.165, 1.54) is 25.7 Å². The number of hydrogen-bond donors (Lipinski definition) is 1. The number of nitrogens with zero attached hydrogens (tertiary/aromatic N) is 1. The first-order valence-electron chi connectivity index (χ1n) is 5.92. The van der Waals surface area contributed by atoms with E-state index in [-0.39, 0.29) is 0 Å². The molecule has 17 heavy (non-hydrogen) atoms. The molecule has 0 amide bonds. The number of nitrogens with two attached hydrogens (primary N) is 1. The van der Waals surface area contributed by atoms with E-state index < -0.39 is 0 Å². The summed E-state index contributed by atoms with van der Waals surface area (Å²) in [6.07, 6.45) is 5.18. The Morgan fingerprint density at radius 2 is 2.06 bits per heavy atom. The van der Waals surface area contributed by atoms with E-state index in [2.05, 4.69) is 33.9 Å². The molecule has 1 aliphatic rings. The lowest BCUT2D eigenvalue weighted by atomic mass is 10.1. The van der Waals surface area contributed by atoms with E-state index in [0.29, 0.717) is 11.0 Å². The Balaban J connectivity index is 2.34. The van der Waals surface area contributed by atoms with Crippen molar-refractivity contribution in [1.29, 1.82) is 0 Å². The van der Waals surface area contributed by atoms with Gasteiger partial charge in [0.05, 0.1) is 0 Å². The molecule has 1 aliphatic carbocycles. The van der Waals surface area contributed by atoms with Crippen molar-refractivity contribution in [2.24, 2.45) is 5.73 Å². The molecule has 0 heterocycles. The van der Waals surface area contributed by atoms with Crippen LogP contribution in [-0.2, 0) is 0 Å². The van der Waals surface area contributed by atoms with Gasteiger partial charge in [-0.1, -0.05) is 41.0 Å². The van der Waals surface area contributed by atoms with Crippen LogP contribution in [0.25, 0.3) is 0 Å². The van der Waals surface area contributed by atoms with Gasteiger partial charge in [0.25, 0.3) is 0 Å². The van der Waals surface area contributed by atoms with Crippen molar-refractivity contribution in [2.45, 2.75) is 31.7 Å². The number of benzene rings is 1. The fraction of sp³-hybridized carbons (Fsp3) is 0.462. The normalized spacial score (nSPS) is 16.1. The smallest absolute Gasteiger partial charge is 0.106 e. The summed E-state index contributed by atoms with van der Waals surface area (Å²) in [6, 6.07) is 6.71. The van der Waals surface area contributed by atoms with E-state index in [4.69, 9.17) is 18.0 Å². The first kappa shape index (κ1) is 12.8. The summed E-state index contributed by atoms with van der Waals surface area (Å²) < 4.78 is 1.07. The lowest BCUT2D eigenvalue weighted by Crippen LogP contribution is -2.30. The molecule has 0 spiro atoms. The minimum Gasteiger partial charge on any atom is -0.389 e. The largest absolute Gasteiger partial charge is 0.389 e. The highest BCUT2D eigenvalue weighted by Gasteiger charge is 2.22. The number of rotatable bonds is 3. The third kappa shape index (κ3) is 2.80. The predicted molar refractivity (Wildman–Crippen MR) is 80.7 cm³/mol. The highest BCUT2D eigenvalue weighted by molar-refractivity contribution is 9.10. The summed E-state index contributed by atoms with van der Waals surface area (Å²) in [4.78, 5) is 2.80. The Bertz CT molecular complexity index is 427. The topological polar surface area (TPSA) is 29.3 Å². The Hall–Kier alpha value is -0.610. The maximum absolute atomic E-state index is 5.79. The first-order chi connectivity index (χ1) is 8.09. The average molecular weight is 313 g/mol. The van der Waals surface area contributed by atoms with Crippen LogP contribution in [0.1, 0.15) is 31.2 Å². The Labute approximate surface area is 116 Å². The van der Waals surface area contributed by atoms with Crippen LogP contribution in [-0.4, -0.2) is 18.1 Å². The Morgan fingerprint density at radius 1 is 1.41 bits per heavy atom. The lowest BCUT2D eigenvalue weighted by molar-refractivity contribution is 0.653. The Morgan fingerprint density at radius 3 is 2.65 bits per heavy atom. The molecule has 0 aromatic heterocycles. The van der Waals surface area contributed by atoms with Gasteiger partial charge in [0, 0.05) is 28.8 Å². The molecule has 1 aromatic rings. The van der Waals surface area contributed by atoms with Crippen molar-refractivity contribution in [3.8, 4) is 0 Å². The van der Waals surface area contributed by atoms with Crippen molar-refractivity contribution in [1.82, 2.24) is 0 Å². The average Bonchev–Trinajstić information content (AvgIpc) is 2.80. The SMILES string of the molecule is CN(c1cc(Br)ccc1C(N)=S)C1CCCC1. The lowest BCUT2D eigenvalue weighted by Gasteiger charge is -2.28. The molecule has 2 N–H and O–H groups in total. The van der Waals surface area contributed by atoms with Crippen molar-refractivity contribution in [2.75, 3.05) is 11.9 Å². The highest BCUT2D eigenvalue weighted by Crippen LogP contribution is 2.31. The summed E-state index contributed by atoms with van der Waals surface area (Å²) in [5, 5.41) is 0. The van der Waals surface area contributed by atoms with E-state index in [1.807, 2.05) is 12.1 Å². The standard InChI is InChI=1S/C13H17BrN2S/c1-16(10-4-2-3-5-10)12-8-9(14)6-7-11(12)13(15)17/h6-8,10H,2-5H2,1H3,(H2,15,17). The summed E-state index contributed by atoms with van der Waals surface area (Å²) in [5.74, 6) is 0. The number of hydrogen-bond acceptors (Lipinski definition) is 2. The van der Waals surface area contributed by atoms with Gasteiger partial charge in [0.2, 0.25) is 0 Å². The summed E-state index contributed by atoms with van der Waals surface area (Å²) >= 11 is 8.63. The minimum absolute atomic E-state index is 0.470. The molecule has 92 valence electrons. The molecule has 0 radical (unpaired) electrons. The zero-order valence-corrected chi connectivity index (χ0v) is 12.4. The maximum atomic E-state index is 5.79. The van der Waals surface area contributed by atoms with Gasteiger partial charge < -0.3 is 10.6 Å². The van der Waals surface area contributed by atoms with E-state index in [9.17, 15) is 0 Å². The van der Waals surface area contributed by atoms with Crippen molar-refractivity contribution in [3.05, 3.63) is 28.2 Å². The molecule has 0 aliphatic heterocycles. The molecule has 0 atom stereocenters. The second-order valence-corrected chi connectivity index (χ2v) is 5.93. The molecule has 2 nitrogen and oxygen atoms in total. The molecular weight excluding hydrogens is 296 g/mol. The van der Waals surface area contributed by atoms with Gasteiger partial charge in [-0.3, -0.25) is 0 Å².